The number of hydrogen-bond donors (Lipinski definition) is 0. The standard InChI is InChI=1S/C37H44O9S5/c1-8-40-22-20(38-6)29(48-31(22)28-18-11-10-12-42-19(18)17-47-28)30-21(39-7)23(41-9-2)32(49-30)33-24-25(44-14-13-43-24)34(50-33)35-26-27(46-16-15-45-26)36(51-35)37(3,4)5/h24-25,36H,8-17H2,1-7H3/b30-29+,31-28+,33-32+,35-34+. The van der Waals surface area contributed by atoms with Crippen molar-refractivity contribution in [3.63, 3.8) is 0 Å². The maximum atomic E-state index is 6.56. The second-order valence-electron chi connectivity index (χ2n) is 13.6. The monoisotopic (exact) mass is 792 g/mol. The molecule has 0 radical (unpaired) electrons. The average molecular weight is 793 g/mol. The van der Waals surface area contributed by atoms with E-state index in [1.54, 1.807) is 48.7 Å². The van der Waals surface area contributed by atoms with Gasteiger partial charge in [0.2, 0.25) is 0 Å². The molecule has 0 bridgehead atoms. The van der Waals surface area contributed by atoms with Crippen molar-refractivity contribution in [3.05, 3.63) is 50.8 Å². The van der Waals surface area contributed by atoms with Gasteiger partial charge in [-0.15, -0.1) is 46.2 Å². The normalized spacial score (nSPS) is 28.9. The minimum absolute atomic E-state index is 0.0259. The van der Waals surface area contributed by atoms with Crippen LogP contribution in [0, 0.1) is 14.5 Å². The summed E-state index contributed by atoms with van der Waals surface area (Å²) in [6, 6.07) is 0. The second kappa shape index (κ2) is 14.6. The van der Waals surface area contributed by atoms with Crippen LogP contribution in [0.4, 0.5) is 0 Å². The molecule has 0 spiro atoms. The van der Waals surface area contributed by atoms with E-state index in [0.29, 0.717) is 56.9 Å². The van der Waals surface area contributed by atoms with Gasteiger partial charge in [-0.05, 0) is 32.1 Å². The fourth-order valence-corrected chi connectivity index (χ4v) is 14.2. The Balaban J connectivity index is 1.39. The van der Waals surface area contributed by atoms with Gasteiger partial charge in [-0.1, -0.05) is 32.5 Å². The summed E-state index contributed by atoms with van der Waals surface area (Å²) in [5.74, 6) is 6.57. The van der Waals surface area contributed by atoms with Crippen LogP contribution < -0.4 is 28.0 Å². The second-order valence-corrected chi connectivity index (χ2v) is 18.8. The molecule has 0 amide bonds. The largest absolute Gasteiger partial charge is 0.497 e. The van der Waals surface area contributed by atoms with E-state index in [0.717, 1.165) is 81.1 Å². The highest BCUT2D eigenvalue weighted by Gasteiger charge is 2.49. The third-order valence-corrected chi connectivity index (χ3v) is 16.4. The summed E-state index contributed by atoms with van der Waals surface area (Å²) in [4.78, 5) is 4.46. The Labute approximate surface area is 319 Å². The summed E-state index contributed by atoms with van der Waals surface area (Å²) in [5, 5.41) is 0.137. The quantitative estimate of drug-likeness (QED) is 0.300. The van der Waals surface area contributed by atoms with Crippen molar-refractivity contribution < 1.29 is 42.6 Å². The van der Waals surface area contributed by atoms with Crippen LogP contribution in [0.2, 0.25) is 0 Å². The smallest absolute Gasteiger partial charge is 0.181 e. The molecule has 0 N–H and O–H groups in total. The minimum atomic E-state index is -0.300. The molecule has 6 aliphatic rings. The SMILES string of the molecule is CCOc1c(OC)/c(=c2\s/c(=C3/S/C(=C4/SC(C(C)(C)C)C5=C4OCCO5)C4OCCOC34)c(OCC)c2OC)s/c1=C1/SCC2=C1CCCO2. The van der Waals surface area contributed by atoms with Gasteiger partial charge in [-0.3, -0.25) is 0 Å². The fourth-order valence-electron chi connectivity index (χ4n) is 7.11. The number of methoxy groups -OCH3 is 2. The maximum Gasteiger partial charge on any atom is 0.181 e. The molecular weight excluding hydrogens is 749 g/mol. The van der Waals surface area contributed by atoms with Crippen LogP contribution in [0.1, 0.15) is 47.5 Å². The molecule has 8 rings (SSSR count). The van der Waals surface area contributed by atoms with Crippen LogP contribution in [-0.4, -0.2) is 83.7 Å². The van der Waals surface area contributed by atoms with E-state index in [1.807, 2.05) is 37.4 Å². The van der Waals surface area contributed by atoms with Crippen LogP contribution in [0.5, 0.6) is 23.0 Å². The number of thiophene rings is 2. The summed E-state index contributed by atoms with van der Waals surface area (Å²) in [5.41, 5.74) is 1.27. The highest BCUT2D eigenvalue weighted by molar-refractivity contribution is 8.13. The molecule has 3 atom stereocenters. The molecule has 2 saturated heterocycles. The first-order valence-electron chi connectivity index (χ1n) is 17.5. The third-order valence-electron chi connectivity index (χ3n) is 9.26. The Hall–Kier alpha value is -2.07. The topological polar surface area (TPSA) is 83.1 Å². The van der Waals surface area contributed by atoms with E-state index in [1.165, 1.54) is 10.5 Å². The Kier molecular flexibility index (Phi) is 10.3. The van der Waals surface area contributed by atoms with Crippen molar-refractivity contribution in [2.45, 2.75) is 64.9 Å². The van der Waals surface area contributed by atoms with E-state index in [2.05, 4.69) is 20.8 Å². The van der Waals surface area contributed by atoms with Crippen LogP contribution in [0.25, 0.3) is 9.81 Å². The molecule has 3 unspecified atom stereocenters. The van der Waals surface area contributed by atoms with Crippen molar-refractivity contribution in [3.8, 4) is 23.0 Å². The van der Waals surface area contributed by atoms with E-state index in [9.17, 15) is 0 Å². The van der Waals surface area contributed by atoms with Gasteiger partial charge in [-0.2, -0.15) is 0 Å². The van der Waals surface area contributed by atoms with Gasteiger partial charge in [0.25, 0.3) is 0 Å². The summed E-state index contributed by atoms with van der Waals surface area (Å²) in [6.45, 7) is 14.7. The first-order valence-corrected chi connectivity index (χ1v) is 21.8. The van der Waals surface area contributed by atoms with Crippen molar-refractivity contribution in [1.82, 2.24) is 0 Å². The van der Waals surface area contributed by atoms with Gasteiger partial charge >= 0.3 is 0 Å². The highest BCUT2D eigenvalue weighted by atomic mass is 32.2. The van der Waals surface area contributed by atoms with Crippen LogP contribution in [0.15, 0.2) is 32.7 Å². The molecule has 14 heteroatoms. The Morgan fingerprint density at radius 3 is 2.02 bits per heavy atom. The minimum Gasteiger partial charge on any atom is -0.497 e. The third kappa shape index (κ3) is 6.18. The Morgan fingerprint density at radius 2 is 1.35 bits per heavy atom. The Bertz CT molecular complexity index is 2040. The van der Waals surface area contributed by atoms with Gasteiger partial charge < -0.3 is 42.6 Å². The molecule has 2 fully saturated rings. The lowest BCUT2D eigenvalue weighted by atomic mass is 9.90. The number of fused-ring (bicyclic) bond motifs is 1. The van der Waals surface area contributed by atoms with E-state index in [-0.39, 0.29) is 22.9 Å². The van der Waals surface area contributed by atoms with Gasteiger partial charge in [0.15, 0.2) is 34.5 Å². The van der Waals surface area contributed by atoms with Gasteiger partial charge in [0.1, 0.15) is 31.2 Å². The molecule has 8 heterocycles. The summed E-state index contributed by atoms with van der Waals surface area (Å²) in [6.07, 6.45) is 1.44. The van der Waals surface area contributed by atoms with E-state index < -0.39 is 0 Å². The van der Waals surface area contributed by atoms with Gasteiger partial charge in [0.05, 0.1) is 81.3 Å². The lowest BCUT2D eigenvalue weighted by Gasteiger charge is -2.29. The molecule has 2 aromatic heterocycles. The number of thioether (sulfide) groups is 3. The van der Waals surface area contributed by atoms with Gasteiger partial charge in [0, 0.05) is 20.3 Å². The molecule has 9 nitrogen and oxygen atoms in total. The fraction of sp³-hybridized carbons (Fsp3) is 0.568. The maximum absolute atomic E-state index is 6.56. The van der Waals surface area contributed by atoms with E-state index in [4.69, 9.17) is 42.6 Å². The Morgan fingerprint density at radius 1 is 0.706 bits per heavy atom. The average Bonchev–Trinajstić information content (AvgIpc) is 3.95. The van der Waals surface area contributed by atoms with Crippen LogP contribution in [0.3, 0.4) is 0 Å². The summed E-state index contributed by atoms with van der Waals surface area (Å²) < 4.78 is 60.9. The molecule has 6 aliphatic heterocycles. The summed E-state index contributed by atoms with van der Waals surface area (Å²) >= 11 is 8.68. The lowest BCUT2D eigenvalue weighted by Crippen LogP contribution is -2.36. The van der Waals surface area contributed by atoms with Crippen LogP contribution >= 0.6 is 58.0 Å². The first-order chi connectivity index (χ1) is 24.8. The molecule has 2 aromatic rings. The van der Waals surface area contributed by atoms with Crippen molar-refractivity contribution in [2.75, 3.05) is 66.2 Å². The predicted molar refractivity (Wildman–Crippen MR) is 206 cm³/mol. The van der Waals surface area contributed by atoms with E-state index >= 15 is 0 Å². The molecule has 0 aliphatic carbocycles. The number of rotatable bonds is 6. The lowest BCUT2D eigenvalue weighted by molar-refractivity contribution is -0.0949. The summed E-state index contributed by atoms with van der Waals surface area (Å²) in [7, 11) is 3.42. The van der Waals surface area contributed by atoms with Crippen LogP contribution in [-0.2, 0) is 23.7 Å². The zero-order valence-electron chi connectivity index (χ0n) is 30.0. The zero-order chi connectivity index (χ0) is 35.4. The highest BCUT2D eigenvalue weighted by Crippen LogP contribution is 2.58. The molecule has 276 valence electrons. The first kappa shape index (κ1) is 35.9. The zero-order valence-corrected chi connectivity index (χ0v) is 34.1. The predicted octanol–water partition coefficient (Wildman–Crippen LogP) is 7.10. The molecule has 51 heavy (non-hydrogen) atoms. The molecular formula is C37H44O9S5. The molecule has 0 aromatic carbocycles. The molecule has 0 saturated carbocycles. The van der Waals surface area contributed by atoms with Gasteiger partial charge in [-0.25, -0.2) is 0 Å². The van der Waals surface area contributed by atoms with Crippen molar-refractivity contribution >= 4 is 67.8 Å². The number of hydrogen-bond acceptors (Lipinski definition) is 14. The number of ether oxygens (including phenoxy) is 9. The van der Waals surface area contributed by atoms with Crippen molar-refractivity contribution in [2.24, 2.45) is 5.41 Å². The van der Waals surface area contributed by atoms with Crippen molar-refractivity contribution in [1.29, 1.82) is 0 Å².